The molecule has 1 aliphatic rings. The summed E-state index contributed by atoms with van der Waals surface area (Å²) >= 11 is 3.44. The van der Waals surface area contributed by atoms with Crippen molar-refractivity contribution in [2.24, 2.45) is 0 Å². The van der Waals surface area contributed by atoms with Crippen LogP contribution in [0, 0.1) is 0 Å². The third kappa shape index (κ3) is 4.48. The Kier molecular flexibility index (Phi) is 5.67. The second-order valence-electron chi connectivity index (χ2n) is 5.40. The van der Waals surface area contributed by atoms with Crippen LogP contribution in [-0.2, 0) is 0 Å². The van der Waals surface area contributed by atoms with Gasteiger partial charge in [-0.3, -0.25) is 0 Å². The highest BCUT2D eigenvalue weighted by Gasteiger charge is 2.24. The monoisotopic (exact) mass is 328 g/mol. The molecule has 0 aliphatic carbocycles. The fourth-order valence-corrected chi connectivity index (χ4v) is 3.06. The Balaban J connectivity index is 1.78. The summed E-state index contributed by atoms with van der Waals surface area (Å²) in [4.78, 5) is 1.51. The van der Waals surface area contributed by atoms with E-state index in [2.05, 4.69) is 22.9 Å². The average Bonchev–Trinajstić information content (AvgIpc) is 2.40. The lowest BCUT2D eigenvalue weighted by Crippen LogP contribution is -3.17. The van der Waals surface area contributed by atoms with Gasteiger partial charge in [-0.15, -0.1) is 0 Å². The minimum Gasteiger partial charge on any atom is -0.489 e. The molecule has 1 aromatic carbocycles. The van der Waals surface area contributed by atoms with E-state index in [1.165, 1.54) is 30.7 Å². The zero-order valence-electron chi connectivity index (χ0n) is 11.4. The number of hydrogen-bond acceptors (Lipinski definition) is 2. The summed E-state index contributed by atoms with van der Waals surface area (Å²) in [5.41, 5.74) is 0. The predicted molar refractivity (Wildman–Crippen MR) is 79.7 cm³/mol. The third-order valence-electron chi connectivity index (χ3n) is 3.85. The second kappa shape index (κ2) is 7.27. The molecule has 106 valence electrons. The standard InChI is InChI=1S/C15H22BrNO2/c1-12-6-4-5-9-17(12)10-13(18)11-19-15-8-3-2-7-14(15)16/h2-3,7-8,12-13,18H,4-6,9-11H2,1H3/p+1/t12-,13-/m0/s1. The SMILES string of the molecule is C[C@H]1CCCC[NH+]1C[C@H](O)COc1ccccc1Br. The quantitative estimate of drug-likeness (QED) is 0.861. The molecule has 0 bridgehead atoms. The van der Waals surface area contributed by atoms with E-state index in [0.717, 1.165) is 16.8 Å². The Labute approximate surface area is 123 Å². The van der Waals surface area contributed by atoms with Crippen molar-refractivity contribution in [1.82, 2.24) is 0 Å². The molecule has 3 atom stereocenters. The average molecular weight is 329 g/mol. The highest BCUT2D eigenvalue weighted by atomic mass is 79.9. The van der Waals surface area contributed by atoms with Crippen molar-refractivity contribution in [2.75, 3.05) is 19.7 Å². The van der Waals surface area contributed by atoms with Gasteiger partial charge in [-0.1, -0.05) is 12.1 Å². The van der Waals surface area contributed by atoms with Crippen molar-refractivity contribution in [3.63, 3.8) is 0 Å². The summed E-state index contributed by atoms with van der Waals surface area (Å²) in [6.45, 7) is 4.59. The smallest absolute Gasteiger partial charge is 0.137 e. The molecule has 3 nitrogen and oxygen atoms in total. The van der Waals surface area contributed by atoms with E-state index in [-0.39, 0.29) is 0 Å². The van der Waals surface area contributed by atoms with Crippen LogP contribution in [0.15, 0.2) is 28.7 Å². The largest absolute Gasteiger partial charge is 0.489 e. The van der Waals surface area contributed by atoms with Crippen LogP contribution in [0.5, 0.6) is 5.75 Å². The number of piperidine rings is 1. The number of nitrogens with one attached hydrogen (secondary N) is 1. The molecular formula is C15H23BrNO2+. The van der Waals surface area contributed by atoms with Gasteiger partial charge < -0.3 is 14.7 Å². The number of rotatable bonds is 5. The van der Waals surface area contributed by atoms with Crippen molar-refractivity contribution < 1.29 is 14.7 Å². The van der Waals surface area contributed by atoms with Crippen molar-refractivity contribution in [2.45, 2.75) is 38.3 Å². The molecule has 1 unspecified atom stereocenters. The van der Waals surface area contributed by atoms with Gasteiger partial charge in [-0.05, 0) is 54.2 Å². The van der Waals surface area contributed by atoms with Gasteiger partial charge in [0, 0.05) is 0 Å². The molecule has 0 spiro atoms. The van der Waals surface area contributed by atoms with E-state index in [0.29, 0.717) is 12.6 Å². The van der Waals surface area contributed by atoms with Crippen molar-refractivity contribution >= 4 is 15.9 Å². The van der Waals surface area contributed by atoms with Crippen molar-refractivity contribution in [1.29, 1.82) is 0 Å². The molecule has 0 saturated carbocycles. The van der Waals surface area contributed by atoms with Gasteiger partial charge in [0.25, 0.3) is 0 Å². The van der Waals surface area contributed by atoms with Gasteiger partial charge in [0.1, 0.15) is 25.0 Å². The number of aliphatic hydroxyl groups is 1. The van der Waals surface area contributed by atoms with E-state index >= 15 is 0 Å². The number of para-hydroxylation sites is 1. The second-order valence-corrected chi connectivity index (χ2v) is 6.26. The van der Waals surface area contributed by atoms with E-state index < -0.39 is 6.10 Å². The molecule has 1 aliphatic heterocycles. The van der Waals surface area contributed by atoms with Crippen molar-refractivity contribution in [3.8, 4) is 5.75 Å². The number of hydrogen-bond donors (Lipinski definition) is 2. The molecule has 2 rings (SSSR count). The van der Waals surface area contributed by atoms with Crippen molar-refractivity contribution in [3.05, 3.63) is 28.7 Å². The maximum absolute atomic E-state index is 10.1. The Morgan fingerprint density at radius 2 is 2.21 bits per heavy atom. The van der Waals surface area contributed by atoms with Crippen LogP contribution in [0.3, 0.4) is 0 Å². The first-order chi connectivity index (χ1) is 9.16. The summed E-state index contributed by atoms with van der Waals surface area (Å²) in [5.74, 6) is 0.795. The summed E-state index contributed by atoms with van der Waals surface area (Å²) in [6.07, 6.45) is 3.47. The minimum absolute atomic E-state index is 0.360. The van der Waals surface area contributed by atoms with Crippen LogP contribution < -0.4 is 9.64 Å². The molecule has 0 radical (unpaired) electrons. The summed E-state index contributed by atoms with van der Waals surface area (Å²) < 4.78 is 6.60. The van der Waals surface area contributed by atoms with Crippen LogP contribution in [0.25, 0.3) is 0 Å². The van der Waals surface area contributed by atoms with Crippen LogP contribution in [0.1, 0.15) is 26.2 Å². The maximum Gasteiger partial charge on any atom is 0.137 e. The molecule has 2 N–H and O–H groups in total. The van der Waals surface area contributed by atoms with Gasteiger partial charge in [-0.2, -0.15) is 0 Å². The van der Waals surface area contributed by atoms with Gasteiger partial charge in [0.2, 0.25) is 0 Å². The Hall–Kier alpha value is -0.580. The van der Waals surface area contributed by atoms with Crippen LogP contribution in [0.4, 0.5) is 0 Å². The molecule has 1 heterocycles. The number of quaternary nitrogens is 1. The molecular weight excluding hydrogens is 306 g/mol. The fraction of sp³-hybridized carbons (Fsp3) is 0.600. The van der Waals surface area contributed by atoms with Crippen LogP contribution in [0.2, 0.25) is 0 Å². The van der Waals surface area contributed by atoms with Gasteiger partial charge >= 0.3 is 0 Å². The summed E-state index contributed by atoms with van der Waals surface area (Å²) in [6, 6.07) is 8.40. The zero-order valence-corrected chi connectivity index (χ0v) is 13.0. The highest BCUT2D eigenvalue weighted by Crippen LogP contribution is 2.23. The van der Waals surface area contributed by atoms with Crippen LogP contribution in [-0.4, -0.2) is 36.9 Å². The fourth-order valence-electron chi connectivity index (χ4n) is 2.67. The molecule has 1 aromatic rings. The normalized spacial score (nSPS) is 25.0. The molecule has 1 saturated heterocycles. The Bertz CT molecular complexity index is 399. The Morgan fingerprint density at radius 1 is 1.42 bits per heavy atom. The number of likely N-dealkylation sites (tertiary alicyclic amines) is 1. The molecule has 19 heavy (non-hydrogen) atoms. The topological polar surface area (TPSA) is 33.9 Å². The van der Waals surface area contributed by atoms with E-state index in [1.54, 1.807) is 0 Å². The summed E-state index contributed by atoms with van der Waals surface area (Å²) in [7, 11) is 0. The van der Waals surface area contributed by atoms with E-state index in [1.807, 2.05) is 24.3 Å². The number of aliphatic hydroxyl groups excluding tert-OH is 1. The first kappa shape index (κ1) is 14.8. The van der Waals surface area contributed by atoms with E-state index in [9.17, 15) is 5.11 Å². The zero-order chi connectivity index (χ0) is 13.7. The molecule has 4 heteroatoms. The summed E-state index contributed by atoms with van der Waals surface area (Å²) in [5, 5.41) is 10.1. The number of halogens is 1. The first-order valence-corrected chi connectivity index (χ1v) is 7.86. The number of ether oxygens (including phenoxy) is 1. The van der Waals surface area contributed by atoms with Gasteiger partial charge in [0.15, 0.2) is 0 Å². The Morgan fingerprint density at radius 3 is 2.95 bits per heavy atom. The number of benzene rings is 1. The van der Waals surface area contributed by atoms with Gasteiger partial charge in [0.05, 0.1) is 17.1 Å². The highest BCUT2D eigenvalue weighted by molar-refractivity contribution is 9.10. The van der Waals surface area contributed by atoms with Crippen LogP contribution >= 0.6 is 15.9 Å². The van der Waals surface area contributed by atoms with Gasteiger partial charge in [-0.25, -0.2) is 0 Å². The lowest BCUT2D eigenvalue weighted by atomic mass is 10.0. The third-order valence-corrected chi connectivity index (χ3v) is 4.50. The van der Waals surface area contributed by atoms with E-state index in [4.69, 9.17) is 4.74 Å². The molecule has 0 amide bonds. The molecule has 0 aromatic heterocycles. The lowest BCUT2D eigenvalue weighted by Gasteiger charge is -2.31. The predicted octanol–water partition coefficient (Wildman–Crippen LogP) is 1.65. The minimum atomic E-state index is -0.400. The maximum atomic E-state index is 10.1. The molecule has 1 fully saturated rings. The first-order valence-electron chi connectivity index (χ1n) is 7.07. The lowest BCUT2D eigenvalue weighted by molar-refractivity contribution is -0.931.